The minimum atomic E-state index is 0.705. The summed E-state index contributed by atoms with van der Waals surface area (Å²) in [4.78, 5) is 2.25. The third-order valence-corrected chi connectivity index (χ3v) is 3.00. The van der Waals surface area contributed by atoms with Gasteiger partial charge in [-0.25, -0.2) is 0 Å². The van der Waals surface area contributed by atoms with Gasteiger partial charge in [-0.1, -0.05) is 12.1 Å². The topological polar surface area (TPSA) is 47.7 Å². The molecule has 0 amide bonds. The van der Waals surface area contributed by atoms with Crippen LogP contribution < -0.4 is 10.6 Å². The van der Waals surface area contributed by atoms with Gasteiger partial charge in [-0.3, -0.25) is 0 Å². The minimum Gasteiger partial charge on any atom is -0.397 e. The molecule has 0 saturated carbocycles. The van der Waals surface area contributed by atoms with E-state index in [4.69, 9.17) is 15.2 Å². The van der Waals surface area contributed by atoms with Crippen LogP contribution in [0.3, 0.4) is 0 Å². The third-order valence-electron chi connectivity index (χ3n) is 3.00. The summed E-state index contributed by atoms with van der Waals surface area (Å²) < 4.78 is 10.9. The number of nitrogens with two attached hydrogens (primary N) is 1. The van der Waals surface area contributed by atoms with Gasteiger partial charge in [0.05, 0.1) is 24.6 Å². The average Bonchev–Trinajstić information content (AvgIpc) is 2.38. The van der Waals surface area contributed by atoms with Crippen molar-refractivity contribution in [2.24, 2.45) is 0 Å². The Bertz CT molecular complexity index is 339. The molecule has 19 heavy (non-hydrogen) atoms. The van der Waals surface area contributed by atoms with Crippen LogP contribution in [-0.4, -0.2) is 39.5 Å². The summed E-state index contributed by atoms with van der Waals surface area (Å²) in [6.45, 7) is 10.6. The Kier molecular flexibility index (Phi) is 7.30. The molecule has 0 atom stereocenters. The molecule has 4 heteroatoms. The van der Waals surface area contributed by atoms with E-state index in [2.05, 4.69) is 17.9 Å². The van der Waals surface area contributed by atoms with Gasteiger partial charge >= 0.3 is 0 Å². The second-order valence-electron chi connectivity index (χ2n) is 4.39. The van der Waals surface area contributed by atoms with Gasteiger partial charge in [0.15, 0.2) is 0 Å². The summed E-state index contributed by atoms with van der Waals surface area (Å²) in [6, 6.07) is 6.01. The van der Waals surface area contributed by atoms with Gasteiger partial charge in [-0.15, -0.1) is 0 Å². The molecule has 0 heterocycles. The summed E-state index contributed by atoms with van der Waals surface area (Å²) in [7, 11) is 0. The molecule has 0 bridgehead atoms. The maximum atomic E-state index is 6.11. The van der Waals surface area contributed by atoms with Crippen molar-refractivity contribution in [1.29, 1.82) is 0 Å². The van der Waals surface area contributed by atoms with E-state index in [0.29, 0.717) is 13.2 Å². The molecule has 1 aromatic carbocycles. The molecule has 0 aliphatic rings. The van der Waals surface area contributed by atoms with E-state index in [1.165, 1.54) is 5.56 Å². The van der Waals surface area contributed by atoms with Gasteiger partial charge in [0.2, 0.25) is 0 Å². The van der Waals surface area contributed by atoms with Gasteiger partial charge < -0.3 is 20.1 Å². The van der Waals surface area contributed by atoms with Crippen LogP contribution in [0, 0.1) is 6.92 Å². The van der Waals surface area contributed by atoms with Crippen molar-refractivity contribution >= 4 is 11.4 Å². The van der Waals surface area contributed by atoms with E-state index in [9.17, 15) is 0 Å². The fraction of sp³-hybridized carbons (Fsp3) is 0.600. The predicted octanol–water partition coefficient (Wildman–Crippen LogP) is 2.46. The molecule has 0 unspecified atom stereocenters. The van der Waals surface area contributed by atoms with Crippen LogP contribution in [0.5, 0.6) is 0 Å². The molecule has 2 N–H and O–H groups in total. The van der Waals surface area contributed by atoms with Crippen molar-refractivity contribution in [3.63, 3.8) is 0 Å². The fourth-order valence-corrected chi connectivity index (χ4v) is 2.09. The van der Waals surface area contributed by atoms with Crippen molar-refractivity contribution in [2.45, 2.75) is 20.8 Å². The lowest BCUT2D eigenvalue weighted by molar-refractivity contribution is 0.141. The van der Waals surface area contributed by atoms with Crippen LogP contribution in [-0.2, 0) is 9.47 Å². The first kappa shape index (κ1) is 15.8. The number of anilines is 2. The van der Waals surface area contributed by atoms with Crippen molar-refractivity contribution in [3.8, 4) is 0 Å². The Labute approximate surface area is 116 Å². The standard InChI is InChI=1S/C15H26N2O2/c1-4-18-11-9-17(10-12-19-5-2)15-13(3)7-6-8-14(15)16/h6-8H,4-5,9-12,16H2,1-3H3. The molecular formula is C15H26N2O2. The van der Waals surface area contributed by atoms with E-state index in [-0.39, 0.29) is 0 Å². The van der Waals surface area contributed by atoms with Gasteiger partial charge in [0.1, 0.15) is 0 Å². The maximum Gasteiger partial charge on any atom is 0.0641 e. The van der Waals surface area contributed by atoms with Crippen LogP contribution >= 0.6 is 0 Å². The molecule has 4 nitrogen and oxygen atoms in total. The van der Waals surface area contributed by atoms with E-state index in [1.807, 2.05) is 26.0 Å². The second-order valence-corrected chi connectivity index (χ2v) is 4.39. The van der Waals surface area contributed by atoms with E-state index in [1.54, 1.807) is 0 Å². The highest BCUT2D eigenvalue weighted by atomic mass is 16.5. The fourth-order valence-electron chi connectivity index (χ4n) is 2.09. The number of nitrogen functional groups attached to an aromatic ring is 1. The first-order valence-corrected chi connectivity index (χ1v) is 6.96. The molecule has 0 aliphatic heterocycles. The summed E-state index contributed by atoms with van der Waals surface area (Å²) in [6.07, 6.45) is 0. The van der Waals surface area contributed by atoms with Crippen LogP contribution in [0.4, 0.5) is 11.4 Å². The van der Waals surface area contributed by atoms with Crippen LogP contribution in [0.25, 0.3) is 0 Å². The summed E-state index contributed by atoms with van der Waals surface area (Å²) >= 11 is 0. The number of rotatable bonds is 9. The molecule has 1 aromatic rings. The van der Waals surface area contributed by atoms with Gasteiger partial charge in [-0.05, 0) is 32.4 Å². The van der Waals surface area contributed by atoms with Gasteiger partial charge in [-0.2, -0.15) is 0 Å². The van der Waals surface area contributed by atoms with Crippen LogP contribution in [0.1, 0.15) is 19.4 Å². The molecule has 0 radical (unpaired) electrons. The molecule has 0 fully saturated rings. The lowest BCUT2D eigenvalue weighted by atomic mass is 10.1. The van der Waals surface area contributed by atoms with Crippen LogP contribution in [0.2, 0.25) is 0 Å². The van der Waals surface area contributed by atoms with Crippen molar-refractivity contribution in [3.05, 3.63) is 23.8 Å². The summed E-state index contributed by atoms with van der Waals surface area (Å²) in [5.74, 6) is 0. The first-order chi connectivity index (χ1) is 9.20. The number of para-hydroxylation sites is 1. The van der Waals surface area contributed by atoms with E-state index < -0.39 is 0 Å². The van der Waals surface area contributed by atoms with Crippen molar-refractivity contribution in [2.75, 3.05) is 50.2 Å². The Hall–Kier alpha value is -1.26. The molecule has 108 valence electrons. The molecule has 0 saturated heterocycles. The molecule has 0 aromatic heterocycles. The Morgan fingerprint density at radius 1 is 1.05 bits per heavy atom. The first-order valence-electron chi connectivity index (χ1n) is 6.96. The Morgan fingerprint density at radius 2 is 1.63 bits per heavy atom. The normalized spacial score (nSPS) is 10.7. The highest BCUT2D eigenvalue weighted by molar-refractivity contribution is 5.71. The highest BCUT2D eigenvalue weighted by Gasteiger charge is 2.12. The number of hydrogen-bond donors (Lipinski definition) is 1. The third kappa shape index (κ3) is 5.09. The molecular weight excluding hydrogens is 240 g/mol. The van der Waals surface area contributed by atoms with Gasteiger partial charge in [0, 0.05) is 26.3 Å². The van der Waals surface area contributed by atoms with Crippen molar-refractivity contribution in [1.82, 2.24) is 0 Å². The zero-order valence-electron chi connectivity index (χ0n) is 12.3. The largest absolute Gasteiger partial charge is 0.397 e. The maximum absolute atomic E-state index is 6.11. The number of ether oxygens (including phenoxy) is 2. The van der Waals surface area contributed by atoms with E-state index in [0.717, 1.165) is 37.7 Å². The summed E-state index contributed by atoms with van der Waals surface area (Å²) in [5, 5.41) is 0. The molecule has 0 aliphatic carbocycles. The zero-order chi connectivity index (χ0) is 14.1. The SMILES string of the molecule is CCOCCN(CCOCC)c1c(C)cccc1N. The number of aryl methyl sites for hydroxylation is 1. The van der Waals surface area contributed by atoms with Gasteiger partial charge in [0.25, 0.3) is 0 Å². The van der Waals surface area contributed by atoms with E-state index >= 15 is 0 Å². The number of benzene rings is 1. The highest BCUT2D eigenvalue weighted by Crippen LogP contribution is 2.26. The monoisotopic (exact) mass is 266 g/mol. The quantitative estimate of drug-likeness (QED) is 0.551. The summed E-state index contributed by atoms with van der Waals surface area (Å²) in [5.41, 5.74) is 9.21. The smallest absolute Gasteiger partial charge is 0.0641 e. The molecule has 0 spiro atoms. The predicted molar refractivity (Wildman–Crippen MR) is 80.8 cm³/mol. The Morgan fingerprint density at radius 3 is 2.11 bits per heavy atom. The zero-order valence-corrected chi connectivity index (χ0v) is 12.3. The molecule has 1 rings (SSSR count). The number of hydrogen-bond acceptors (Lipinski definition) is 4. The van der Waals surface area contributed by atoms with Crippen LogP contribution in [0.15, 0.2) is 18.2 Å². The average molecular weight is 266 g/mol. The lowest BCUT2D eigenvalue weighted by Gasteiger charge is -2.27. The van der Waals surface area contributed by atoms with Crippen molar-refractivity contribution < 1.29 is 9.47 Å². The number of nitrogens with zero attached hydrogens (tertiary/aromatic N) is 1. The minimum absolute atomic E-state index is 0.705. The Balaban J connectivity index is 2.75. The lowest BCUT2D eigenvalue weighted by Crippen LogP contribution is -2.32. The second kappa shape index (κ2) is 8.77.